The molecule has 1 N–H and O–H groups in total. The number of carbonyl (C=O) groups is 2. The molecule has 166 valence electrons. The number of aryl methyl sites for hydroxylation is 3. The maximum atomic E-state index is 13.3. The van der Waals surface area contributed by atoms with Crippen LogP contribution in [0.5, 0.6) is 0 Å². The van der Waals surface area contributed by atoms with Gasteiger partial charge in [0.2, 0.25) is 5.91 Å². The third-order valence-corrected chi connectivity index (χ3v) is 5.95. The summed E-state index contributed by atoms with van der Waals surface area (Å²) >= 11 is 0. The number of hydrogen-bond donors (Lipinski definition) is 1. The smallest absolute Gasteiger partial charge is 0.263 e. The number of amides is 2. The van der Waals surface area contributed by atoms with Crippen LogP contribution in [-0.2, 0) is 44.3 Å². The van der Waals surface area contributed by atoms with Crippen molar-refractivity contribution >= 4 is 11.8 Å². The van der Waals surface area contributed by atoms with Gasteiger partial charge in [0.1, 0.15) is 11.4 Å². The molecule has 8 nitrogen and oxygen atoms in total. The summed E-state index contributed by atoms with van der Waals surface area (Å²) in [6.45, 7) is 3.12. The lowest BCUT2D eigenvalue weighted by atomic mass is 9.96. The Balaban J connectivity index is 1.66. The zero-order chi connectivity index (χ0) is 22.7. The quantitative estimate of drug-likeness (QED) is 0.640. The molecule has 3 aromatic rings. The highest BCUT2D eigenvalue weighted by Crippen LogP contribution is 2.21. The minimum atomic E-state index is -0.403. The summed E-state index contributed by atoms with van der Waals surface area (Å²) in [5, 5.41) is 2.85. The highest BCUT2D eigenvalue weighted by atomic mass is 16.2. The Morgan fingerprint density at radius 1 is 1.19 bits per heavy atom. The van der Waals surface area contributed by atoms with Crippen molar-refractivity contribution in [2.75, 3.05) is 6.54 Å². The van der Waals surface area contributed by atoms with Crippen LogP contribution in [0, 0.1) is 0 Å². The van der Waals surface area contributed by atoms with Crippen molar-refractivity contribution in [1.29, 1.82) is 0 Å². The van der Waals surface area contributed by atoms with Gasteiger partial charge in [-0.1, -0.05) is 30.3 Å². The molecular weight excluding hydrogens is 406 g/mol. The van der Waals surface area contributed by atoms with Crippen LogP contribution >= 0.6 is 0 Å². The molecule has 3 heterocycles. The molecule has 1 aliphatic heterocycles. The summed E-state index contributed by atoms with van der Waals surface area (Å²) in [6, 6.07) is 9.91. The van der Waals surface area contributed by atoms with E-state index in [4.69, 9.17) is 0 Å². The number of nitrogens with one attached hydrogen (secondary N) is 1. The topological polar surface area (TPSA) is 89.2 Å². The van der Waals surface area contributed by atoms with Gasteiger partial charge in [0.15, 0.2) is 0 Å². The normalized spacial score (nSPS) is 13.0. The molecule has 32 heavy (non-hydrogen) atoms. The largest absolute Gasteiger partial charge is 0.345 e. The molecular formula is C24H27N5O3. The molecule has 0 saturated heterocycles. The fourth-order valence-electron chi connectivity index (χ4n) is 4.09. The van der Waals surface area contributed by atoms with Crippen LogP contribution in [0.1, 0.15) is 39.8 Å². The second-order valence-electron chi connectivity index (χ2n) is 8.07. The van der Waals surface area contributed by atoms with Crippen molar-refractivity contribution in [2.45, 2.75) is 39.4 Å². The maximum absolute atomic E-state index is 13.3. The Morgan fingerprint density at radius 2 is 1.97 bits per heavy atom. The van der Waals surface area contributed by atoms with E-state index in [1.807, 2.05) is 48.1 Å². The maximum Gasteiger partial charge on any atom is 0.263 e. The Kier molecular flexibility index (Phi) is 6.20. The van der Waals surface area contributed by atoms with Gasteiger partial charge >= 0.3 is 0 Å². The van der Waals surface area contributed by atoms with Gasteiger partial charge in [0.25, 0.3) is 11.5 Å². The van der Waals surface area contributed by atoms with Crippen molar-refractivity contribution in [3.63, 3.8) is 0 Å². The van der Waals surface area contributed by atoms with Crippen molar-refractivity contribution in [2.24, 2.45) is 7.05 Å². The van der Waals surface area contributed by atoms with E-state index in [1.54, 1.807) is 21.9 Å². The molecule has 0 radical (unpaired) electrons. The lowest BCUT2D eigenvalue weighted by molar-refractivity contribution is -0.129. The van der Waals surface area contributed by atoms with Crippen molar-refractivity contribution in [3.8, 4) is 0 Å². The third kappa shape index (κ3) is 4.49. The number of carbonyl (C=O) groups excluding carboxylic acids is 2. The van der Waals surface area contributed by atoms with E-state index < -0.39 is 5.91 Å². The summed E-state index contributed by atoms with van der Waals surface area (Å²) < 4.78 is 3.43. The van der Waals surface area contributed by atoms with Crippen molar-refractivity contribution in [3.05, 3.63) is 87.4 Å². The first-order valence-electron chi connectivity index (χ1n) is 10.7. The van der Waals surface area contributed by atoms with Crippen LogP contribution in [0.15, 0.2) is 53.7 Å². The van der Waals surface area contributed by atoms with Crippen LogP contribution in [0.2, 0.25) is 0 Å². The van der Waals surface area contributed by atoms with E-state index in [2.05, 4.69) is 10.3 Å². The summed E-state index contributed by atoms with van der Waals surface area (Å²) in [7, 11) is 1.85. The third-order valence-electron chi connectivity index (χ3n) is 5.95. The number of hydrogen-bond acceptors (Lipinski definition) is 4. The molecule has 0 aliphatic carbocycles. The van der Waals surface area contributed by atoms with Gasteiger partial charge in [-0.15, -0.1) is 0 Å². The van der Waals surface area contributed by atoms with Crippen LogP contribution in [0.4, 0.5) is 0 Å². The standard InChI is InChI=1S/C24H27N5O3/c1-17(30)28-12-9-20-19(15-28)16-29(11-8-18-6-4-3-5-7-18)24(32)22(20)23(31)26-14-21-25-10-13-27(21)2/h3-7,10,13,16H,8-9,11-12,14-15H2,1-2H3,(H,26,31). The molecule has 1 aromatic carbocycles. The lowest BCUT2D eigenvalue weighted by Gasteiger charge is -2.29. The molecule has 0 atom stereocenters. The van der Waals surface area contributed by atoms with E-state index in [0.29, 0.717) is 38.3 Å². The monoisotopic (exact) mass is 433 g/mol. The molecule has 0 bridgehead atoms. The number of nitrogens with zero attached hydrogens (tertiary/aromatic N) is 4. The molecule has 8 heteroatoms. The Hall–Kier alpha value is -3.68. The SMILES string of the molecule is CC(=O)N1CCc2c(cn(CCc3ccccc3)c(=O)c2C(=O)NCc2nccn2C)C1. The van der Waals surface area contributed by atoms with Gasteiger partial charge in [-0.25, -0.2) is 4.98 Å². The number of fused-ring (bicyclic) bond motifs is 1. The molecule has 4 rings (SSSR count). The van der Waals surface area contributed by atoms with E-state index in [-0.39, 0.29) is 23.6 Å². The second-order valence-corrected chi connectivity index (χ2v) is 8.07. The molecule has 2 amide bonds. The van der Waals surface area contributed by atoms with Gasteiger partial charge in [-0.2, -0.15) is 0 Å². The minimum Gasteiger partial charge on any atom is -0.345 e. The summed E-state index contributed by atoms with van der Waals surface area (Å²) in [5.41, 5.74) is 2.58. The van der Waals surface area contributed by atoms with E-state index >= 15 is 0 Å². The predicted octanol–water partition coefficient (Wildman–Crippen LogP) is 1.66. The predicted molar refractivity (Wildman–Crippen MR) is 120 cm³/mol. The number of imidazole rings is 1. The lowest BCUT2D eigenvalue weighted by Crippen LogP contribution is -2.41. The van der Waals surface area contributed by atoms with Gasteiger partial charge in [0, 0.05) is 52.2 Å². The molecule has 0 saturated carbocycles. The molecule has 0 spiro atoms. The first-order chi connectivity index (χ1) is 15.4. The molecule has 0 unspecified atom stereocenters. The van der Waals surface area contributed by atoms with Gasteiger partial charge < -0.3 is 19.4 Å². The van der Waals surface area contributed by atoms with Crippen LogP contribution in [0.25, 0.3) is 0 Å². The fourth-order valence-corrected chi connectivity index (χ4v) is 4.09. The summed E-state index contributed by atoms with van der Waals surface area (Å²) in [4.78, 5) is 44.4. The van der Waals surface area contributed by atoms with Crippen LogP contribution < -0.4 is 10.9 Å². The fraction of sp³-hybridized carbons (Fsp3) is 0.333. The first-order valence-corrected chi connectivity index (χ1v) is 10.7. The average molecular weight is 434 g/mol. The van der Waals surface area contributed by atoms with E-state index in [0.717, 1.165) is 16.7 Å². The van der Waals surface area contributed by atoms with E-state index in [9.17, 15) is 14.4 Å². The molecule has 1 aliphatic rings. The van der Waals surface area contributed by atoms with Crippen molar-refractivity contribution < 1.29 is 9.59 Å². The van der Waals surface area contributed by atoms with E-state index in [1.165, 1.54) is 6.92 Å². The van der Waals surface area contributed by atoms with Crippen LogP contribution in [-0.4, -0.2) is 37.4 Å². The Bertz CT molecular complexity index is 1200. The molecule has 2 aromatic heterocycles. The van der Waals surface area contributed by atoms with Crippen molar-refractivity contribution in [1.82, 2.24) is 24.3 Å². The zero-order valence-corrected chi connectivity index (χ0v) is 18.4. The molecule has 0 fully saturated rings. The number of benzene rings is 1. The Labute approximate surface area is 186 Å². The average Bonchev–Trinajstić information content (AvgIpc) is 3.21. The highest BCUT2D eigenvalue weighted by Gasteiger charge is 2.27. The van der Waals surface area contributed by atoms with Gasteiger partial charge in [-0.3, -0.25) is 14.4 Å². The minimum absolute atomic E-state index is 0.0153. The highest BCUT2D eigenvalue weighted by molar-refractivity contribution is 5.95. The van der Waals surface area contributed by atoms with Gasteiger partial charge in [-0.05, 0) is 29.5 Å². The number of pyridine rings is 1. The second kappa shape index (κ2) is 9.21. The first kappa shape index (κ1) is 21.5. The summed E-state index contributed by atoms with van der Waals surface area (Å²) in [5.74, 6) is 0.286. The zero-order valence-electron chi connectivity index (χ0n) is 18.4. The summed E-state index contributed by atoms with van der Waals surface area (Å²) in [6.07, 6.45) is 6.43. The Morgan fingerprint density at radius 3 is 2.66 bits per heavy atom. The van der Waals surface area contributed by atoms with Gasteiger partial charge in [0.05, 0.1) is 6.54 Å². The van der Waals surface area contributed by atoms with Crippen LogP contribution in [0.3, 0.4) is 0 Å². The number of aromatic nitrogens is 3. The number of rotatable bonds is 6.